The number of esters is 3. The van der Waals surface area contributed by atoms with Gasteiger partial charge in [0.25, 0.3) is 0 Å². The van der Waals surface area contributed by atoms with Gasteiger partial charge in [0, 0.05) is 19.3 Å². The first kappa shape index (κ1) is 51.1. The summed E-state index contributed by atoms with van der Waals surface area (Å²) in [6.07, 6.45) is 44.7. The number of carbonyl (C=O) groups is 3. The zero-order valence-electron chi connectivity index (χ0n) is 35.6. The quantitative estimate of drug-likeness (QED) is 0.0268. The molecule has 0 aromatic rings. The molecule has 0 heterocycles. The zero-order valence-corrected chi connectivity index (χ0v) is 35.6. The van der Waals surface area contributed by atoms with E-state index in [1.807, 2.05) is 0 Å². The Hall–Kier alpha value is -1.85. The van der Waals surface area contributed by atoms with Crippen molar-refractivity contribution < 1.29 is 28.6 Å². The van der Waals surface area contributed by atoms with E-state index in [1.165, 1.54) is 148 Å². The minimum absolute atomic E-state index is 0.0680. The van der Waals surface area contributed by atoms with Gasteiger partial charge in [0.15, 0.2) is 6.10 Å². The second-order valence-electron chi connectivity index (χ2n) is 15.7. The molecule has 0 aliphatic carbocycles. The Kier molecular flexibility index (Phi) is 41.4. The Bertz CT molecular complexity index is 824. The van der Waals surface area contributed by atoms with Crippen LogP contribution in [0.15, 0.2) is 12.2 Å². The number of rotatable bonds is 42. The third-order valence-corrected chi connectivity index (χ3v) is 10.3. The summed E-state index contributed by atoms with van der Waals surface area (Å²) in [5.74, 6) is -0.870. The minimum atomic E-state index is -0.764. The molecule has 312 valence electrons. The van der Waals surface area contributed by atoms with E-state index in [1.54, 1.807) is 0 Å². The predicted octanol–water partition coefficient (Wildman–Crippen LogP) is 14.6. The highest BCUT2D eigenvalue weighted by Crippen LogP contribution is 2.15. The number of allylic oxidation sites excluding steroid dienone is 2. The molecule has 53 heavy (non-hydrogen) atoms. The third kappa shape index (κ3) is 41.2. The van der Waals surface area contributed by atoms with E-state index < -0.39 is 6.10 Å². The van der Waals surface area contributed by atoms with E-state index in [4.69, 9.17) is 14.2 Å². The Morgan fingerprint density at radius 3 is 1.00 bits per heavy atom. The van der Waals surface area contributed by atoms with Crippen molar-refractivity contribution in [3.05, 3.63) is 12.2 Å². The number of hydrogen-bond acceptors (Lipinski definition) is 6. The first-order valence-corrected chi connectivity index (χ1v) is 23.2. The number of ether oxygens (including phenoxy) is 3. The van der Waals surface area contributed by atoms with Crippen LogP contribution >= 0.6 is 0 Å². The summed E-state index contributed by atoms with van der Waals surface area (Å²) in [4.78, 5) is 37.7. The maximum atomic E-state index is 12.7. The molecule has 0 saturated heterocycles. The fourth-order valence-corrected chi connectivity index (χ4v) is 6.72. The van der Waals surface area contributed by atoms with Crippen molar-refractivity contribution in [3.63, 3.8) is 0 Å². The Morgan fingerprint density at radius 2 is 0.642 bits per heavy atom. The summed E-state index contributed by atoms with van der Waals surface area (Å²) in [7, 11) is 0. The van der Waals surface area contributed by atoms with Crippen LogP contribution in [0.5, 0.6) is 0 Å². The van der Waals surface area contributed by atoms with Crippen LogP contribution in [-0.2, 0) is 28.6 Å². The highest BCUT2D eigenvalue weighted by atomic mass is 16.6. The van der Waals surface area contributed by atoms with Crippen LogP contribution in [-0.4, -0.2) is 37.2 Å². The molecule has 0 bridgehead atoms. The Morgan fingerprint density at radius 1 is 0.358 bits per heavy atom. The monoisotopic (exact) mass is 749 g/mol. The molecule has 0 aromatic carbocycles. The van der Waals surface area contributed by atoms with Crippen molar-refractivity contribution in [2.75, 3.05) is 13.2 Å². The third-order valence-electron chi connectivity index (χ3n) is 10.3. The van der Waals surface area contributed by atoms with Gasteiger partial charge >= 0.3 is 17.9 Å². The first-order chi connectivity index (χ1) is 26.0. The van der Waals surface area contributed by atoms with Crippen LogP contribution in [0.4, 0.5) is 0 Å². The Balaban J connectivity index is 4.34. The van der Waals surface area contributed by atoms with Gasteiger partial charge in [-0.3, -0.25) is 14.4 Å². The molecule has 0 aromatic heterocycles. The second-order valence-corrected chi connectivity index (χ2v) is 15.7. The molecule has 0 saturated carbocycles. The van der Waals surface area contributed by atoms with Crippen molar-refractivity contribution in [2.45, 2.75) is 258 Å². The van der Waals surface area contributed by atoms with E-state index in [0.717, 1.165) is 64.2 Å². The van der Waals surface area contributed by atoms with E-state index >= 15 is 0 Å². The molecular formula is C47H88O6. The van der Waals surface area contributed by atoms with Gasteiger partial charge in [-0.05, 0) is 38.5 Å². The van der Waals surface area contributed by atoms with Gasteiger partial charge in [0.2, 0.25) is 0 Å². The largest absolute Gasteiger partial charge is 0.462 e. The normalized spacial score (nSPS) is 12.0. The second kappa shape index (κ2) is 42.9. The van der Waals surface area contributed by atoms with E-state index in [9.17, 15) is 14.4 Å². The summed E-state index contributed by atoms with van der Waals surface area (Å²) in [6.45, 7) is 6.59. The summed E-state index contributed by atoms with van der Waals surface area (Å²) in [5.41, 5.74) is 0. The van der Waals surface area contributed by atoms with Crippen LogP contribution in [0.3, 0.4) is 0 Å². The maximum absolute atomic E-state index is 12.7. The van der Waals surface area contributed by atoms with Crippen molar-refractivity contribution in [1.29, 1.82) is 0 Å². The lowest BCUT2D eigenvalue weighted by atomic mass is 10.0. The molecule has 0 amide bonds. The van der Waals surface area contributed by atoms with Crippen LogP contribution in [0.1, 0.15) is 252 Å². The standard InChI is InChI=1S/C47H88O6/c1-4-7-10-13-16-19-22-23-26-28-31-34-37-40-46(49)52-43-44(53-47(50)41-38-35-32-29-25-21-18-15-12-9-6-3)42-51-45(48)39-36-33-30-27-24-20-17-14-11-8-5-2/h14,17,44H,4-13,15-16,18-43H2,1-3H3/b17-14-/t44-/m1/s1. The van der Waals surface area contributed by atoms with E-state index in [2.05, 4.69) is 32.9 Å². The smallest absolute Gasteiger partial charge is 0.306 e. The highest BCUT2D eigenvalue weighted by Gasteiger charge is 2.19. The van der Waals surface area contributed by atoms with Gasteiger partial charge in [0.1, 0.15) is 13.2 Å². The molecule has 0 fully saturated rings. The highest BCUT2D eigenvalue weighted by molar-refractivity contribution is 5.71. The van der Waals surface area contributed by atoms with Gasteiger partial charge in [0.05, 0.1) is 0 Å². The number of unbranched alkanes of at least 4 members (excludes halogenated alkanes) is 29. The van der Waals surface area contributed by atoms with Gasteiger partial charge in [-0.15, -0.1) is 0 Å². The fraction of sp³-hybridized carbons (Fsp3) is 0.894. The number of carbonyl (C=O) groups excluding carboxylic acids is 3. The van der Waals surface area contributed by atoms with Gasteiger partial charge < -0.3 is 14.2 Å². The molecule has 0 radical (unpaired) electrons. The van der Waals surface area contributed by atoms with Crippen molar-refractivity contribution in [2.24, 2.45) is 0 Å². The summed E-state index contributed by atoms with van der Waals surface area (Å²) in [6, 6.07) is 0. The molecule has 0 unspecified atom stereocenters. The maximum Gasteiger partial charge on any atom is 0.306 e. The average molecular weight is 749 g/mol. The summed E-state index contributed by atoms with van der Waals surface area (Å²) in [5, 5.41) is 0. The fourth-order valence-electron chi connectivity index (χ4n) is 6.72. The van der Waals surface area contributed by atoms with Gasteiger partial charge in [-0.2, -0.15) is 0 Å². The van der Waals surface area contributed by atoms with Crippen LogP contribution in [0.25, 0.3) is 0 Å². The minimum Gasteiger partial charge on any atom is -0.462 e. The molecular weight excluding hydrogens is 661 g/mol. The predicted molar refractivity (Wildman–Crippen MR) is 224 cm³/mol. The SMILES string of the molecule is CCCC/C=C\CCCCCCCC(=O)OC[C@H](COC(=O)CCCCCCCCCCCCCCC)OC(=O)CCCCCCCCCCCCC. The lowest BCUT2D eigenvalue weighted by Crippen LogP contribution is -2.30. The molecule has 6 nitrogen and oxygen atoms in total. The molecule has 0 aliphatic rings. The average Bonchev–Trinajstić information content (AvgIpc) is 3.15. The zero-order chi connectivity index (χ0) is 38.7. The molecule has 6 heteroatoms. The van der Waals surface area contributed by atoms with E-state index in [0.29, 0.717) is 19.3 Å². The van der Waals surface area contributed by atoms with Crippen LogP contribution in [0, 0.1) is 0 Å². The molecule has 0 rings (SSSR count). The van der Waals surface area contributed by atoms with Crippen LogP contribution in [0.2, 0.25) is 0 Å². The first-order valence-electron chi connectivity index (χ1n) is 23.2. The molecule has 0 aliphatic heterocycles. The van der Waals surface area contributed by atoms with Crippen molar-refractivity contribution in [1.82, 2.24) is 0 Å². The van der Waals surface area contributed by atoms with Crippen molar-refractivity contribution >= 4 is 17.9 Å². The lowest BCUT2D eigenvalue weighted by molar-refractivity contribution is -0.167. The van der Waals surface area contributed by atoms with Crippen LogP contribution < -0.4 is 0 Å². The van der Waals surface area contributed by atoms with Gasteiger partial charge in [-0.1, -0.05) is 206 Å². The van der Waals surface area contributed by atoms with E-state index in [-0.39, 0.29) is 31.1 Å². The topological polar surface area (TPSA) is 78.9 Å². The molecule has 1 atom stereocenters. The summed E-state index contributed by atoms with van der Waals surface area (Å²) >= 11 is 0. The van der Waals surface area contributed by atoms with Gasteiger partial charge in [-0.25, -0.2) is 0 Å². The Labute approximate surface area is 329 Å². The van der Waals surface area contributed by atoms with Crippen molar-refractivity contribution in [3.8, 4) is 0 Å². The summed E-state index contributed by atoms with van der Waals surface area (Å²) < 4.78 is 16.7. The lowest BCUT2D eigenvalue weighted by Gasteiger charge is -2.18. The number of hydrogen-bond donors (Lipinski definition) is 0. The molecule has 0 spiro atoms. The molecule has 0 N–H and O–H groups in total.